The maximum absolute atomic E-state index is 10.3. The molecular weight excluding hydrogens is 394 g/mol. The SMILES string of the molecule is Cc1ccc([C@H](CO)Oc2nc(N)nc3c2ncn3[C@@H]2O[C@H](CO)[C@@H](O)[C@H]2O)cc1. The Morgan fingerprint density at radius 2 is 1.90 bits per heavy atom. The molecule has 0 spiro atoms. The molecule has 30 heavy (non-hydrogen) atoms. The van der Waals surface area contributed by atoms with E-state index in [9.17, 15) is 20.4 Å². The van der Waals surface area contributed by atoms with Gasteiger partial charge in [0.2, 0.25) is 11.8 Å². The third-order valence-electron chi connectivity index (χ3n) is 5.07. The molecule has 4 rings (SSSR count). The minimum absolute atomic E-state index is 0.0580. The van der Waals surface area contributed by atoms with Crippen LogP contribution in [-0.4, -0.2) is 71.5 Å². The zero-order chi connectivity index (χ0) is 21.4. The van der Waals surface area contributed by atoms with E-state index in [-0.39, 0.29) is 29.6 Å². The number of aliphatic hydroxyl groups is 4. The van der Waals surface area contributed by atoms with Crippen molar-refractivity contribution >= 4 is 17.1 Å². The Morgan fingerprint density at radius 3 is 2.53 bits per heavy atom. The highest BCUT2D eigenvalue weighted by Crippen LogP contribution is 2.34. The molecule has 0 amide bonds. The van der Waals surface area contributed by atoms with Crippen LogP contribution >= 0.6 is 0 Å². The third-order valence-corrected chi connectivity index (χ3v) is 5.07. The van der Waals surface area contributed by atoms with E-state index < -0.39 is 37.3 Å². The molecule has 0 unspecified atom stereocenters. The first-order valence-electron chi connectivity index (χ1n) is 9.39. The number of aryl methyl sites for hydroxylation is 1. The second-order valence-electron chi connectivity index (χ2n) is 7.14. The molecule has 1 aromatic carbocycles. The predicted octanol–water partition coefficient (Wildman–Crippen LogP) is -0.559. The summed E-state index contributed by atoms with van der Waals surface area (Å²) in [5.41, 5.74) is 8.12. The van der Waals surface area contributed by atoms with E-state index in [2.05, 4.69) is 15.0 Å². The molecule has 6 N–H and O–H groups in total. The summed E-state index contributed by atoms with van der Waals surface area (Å²) in [5, 5.41) is 39.5. The summed E-state index contributed by atoms with van der Waals surface area (Å²) in [5.74, 6) is -0.0470. The fourth-order valence-electron chi connectivity index (χ4n) is 3.41. The second-order valence-corrected chi connectivity index (χ2v) is 7.14. The van der Waals surface area contributed by atoms with Gasteiger partial charge in [0.25, 0.3) is 0 Å². The lowest BCUT2D eigenvalue weighted by molar-refractivity contribution is -0.0511. The Hall–Kier alpha value is -2.83. The van der Waals surface area contributed by atoms with Crippen molar-refractivity contribution in [2.24, 2.45) is 0 Å². The first-order valence-corrected chi connectivity index (χ1v) is 9.39. The largest absolute Gasteiger partial charge is 0.465 e. The Morgan fingerprint density at radius 1 is 1.17 bits per heavy atom. The minimum atomic E-state index is -1.31. The Kier molecular flexibility index (Phi) is 5.54. The highest BCUT2D eigenvalue weighted by atomic mass is 16.6. The van der Waals surface area contributed by atoms with Gasteiger partial charge in [-0.1, -0.05) is 29.8 Å². The monoisotopic (exact) mass is 417 g/mol. The molecule has 1 fully saturated rings. The molecule has 1 aliphatic heterocycles. The molecular formula is C19H23N5O6. The molecule has 3 aromatic rings. The maximum Gasteiger partial charge on any atom is 0.247 e. The number of hydrogen-bond acceptors (Lipinski definition) is 10. The van der Waals surface area contributed by atoms with E-state index in [4.69, 9.17) is 15.2 Å². The summed E-state index contributed by atoms with van der Waals surface area (Å²) in [6.07, 6.45) is -3.91. The van der Waals surface area contributed by atoms with Crippen LogP contribution in [0.4, 0.5) is 5.95 Å². The number of aromatic nitrogens is 4. The average Bonchev–Trinajstić information content (AvgIpc) is 3.27. The molecule has 160 valence electrons. The third kappa shape index (κ3) is 3.57. The Labute approximate surface area is 171 Å². The van der Waals surface area contributed by atoms with Gasteiger partial charge in [-0.3, -0.25) is 4.57 Å². The van der Waals surface area contributed by atoms with Crippen LogP contribution in [0.2, 0.25) is 0 Å². The Bertz CT molecular complexity index is 1030. The van der Waals surface area contributed by atoms with Crippen molar-refractivity contribution in [3.63, 3.8) is 0 Å². The van der Waals surface area contributed by atoms with Gasteiger partial charge in [0.05, 0.1) is 19.5 Å². The molecule has 1 saturated heterocycles. The normalized spacial score (nSPS) is 25.0. The standard InChI is InChI=1S/C19H23N5O6/c1-9-2-4-10(5-3-9)11(6-25)29-17-13-16(22-19(20)23-17)24(8-21-13)18-15(28)14(27)12(7-26)30-18/h2-5,8,11-12,14-15,18,25-28H,6-7H2,1H3,(H2,20,22,23)/t11-,12+,14+,15+,18+/m0/s1. The van der Waals surface area contributed by atoms with Crippen LogP contribution in [0, 0.1) is 6.92 Å². The summed E-state index contributed by atoms with van der Waals surface area (Å²) >= 11 is 0. The molecule has 3 heterocycles. The molecule has 5 atom stereocenters. The topological polar surface area (TPSA) is 169 Å². The summed E-state index contributed by atoms with van der Waals surface area (Å²) < 4.78 is 12.8. The predicted molar refractivity (Wildman–Crippen MR) is 104 cm³/mol. The van der Waals surface area contributed by atoms with Crippen LogP contribution in [0.25, 0.3) is 11.2 Å². The van der Waals surface area contributed by atoms with Crippen LogP contribution in [-0.2, 0) is 4.74 Å². The highest BCUT2D eigenvalue weighted by molar-refractivity contribution is 5.77. The lowest BCUT2D eigenvalue weighted by Gasteiger charge is -2.18. The number of rotatable bonds is 6. The molecule has 11 heteroatoms. The Balaban J connectivity index is 1.69. The fraction of sp³-hybridized carbons (Fsp3) is 0.421. The van der Waals surface area contributed by atoms with E-state index in [1.807, 2.05) is 31.2 Å². The van der Waals surface area contributed by atoms with Gasteiger partial charge in [0.1, 0.15) is 24.4 Å². The molecule has 0 aliphatic carbocycles. The van der Waals surface area contributed by atoms with Crippen molar-refractivity contribution in [3.05, 3.63) is 41.7 Å². The van der Waals surface area contributed by atoms with Crippen molar-refractivity contribution in [1.29, 1.82) is 0 Å². The number of fused-ring (bicyclic) bond motifs is 1. The van der Waals surface area contributed by atoms with Gasteiger partial charge in [0, 0.05) is 0 Å². The smallest absolute Gasteiger partial charge is 0.247 e. The highest BCUT2D eigenvalue weighted by Gasteiger charge is 2.44. The summed E-state index contributed by atoms with van der Waals surface area (Å²) in [6.45, 7) is 1.20. The van der Waals surface area contributed by atoms with Crippen molar-refractivity contribution in [1.82, 2.24) is 19.5 Å². The number of aliphatic hydroxyl groups excluding tert-OH is 4. The number of imidazole rings is 1. The number of hydrogen-bond donors (Lipinski definition) is 5. The molecule has 0 saturated carbocycles. The van der Waals surface area contributed by atoms with E-state index >= 15 is 0 Å². The van der Waals surface area contributed by atoms with Crippen molar-refractivity contribution in [2.45, 2.75) is 37.6 Å². The van der Waals surface area contributed by atoms with Gasteiger partial charge in [-0.05, 0) is 12.5 Å². The summed E-state index contributed by atoms with van der Waals surface area (Å²) in [7, 11) is 0. The van der Waals surface area contributed by atoms with Gasteiger partial charge in [-0.25, -0.2) is 4.98 Å². The van der Waals surface area contributed by atoms with E-state index in [1.54, 1.807) is 0 Å². The number of nitrogens with two attached hydrogens (primary N) is 1. The van der Waals surface area contributed by atoms with Crippen LogP contribution in [0.3, 0.4) is 0 Å². The zero-order valence-corrected chi connectivity index (χ0v) is 16.2. The molecule has 0 radical (unpaired) electrons. The molecule has 0 bridgehead atoms. The van der Waals surface area contributed by atoms with Crippen LogP contribution in [0.1, 0.15) is 23.5 Å². The quantitative estimate of drug-likeness (QED) is 0.350. The van der Waals surface area contributed by atoms with Crippen LogP contribution in [0.5, 0.6) is 5.88 Å². The van der Waals surface area contributed by atoms with Gasteiger partial charge in [0.15, 0.2) is 17.4 Å². The second kappa shape index (κ2) is 8.13. The van der Waals surface area contributed by atoms with Crippen LogP contribution < -0.4 is 10.5 Å². The summed E-state index contributed by atoms with van der Waals surface area (Å²) in [6, 6.07) is 7.49. The average molecular weight is 417 g/mol. The molecule has 2 aromatic heterocycles. The number of anilines is 1. The van der Waals surface area contributed by atoms with E-state index in [0.717, 1.165) is 11.1 Å². The molecule has 11 nitrogen and oxygen atoms in total. The fourth-order valence-corrected chi connectivity index (χ4v) is 3.41. The zero-order valence-electron chi connectivity index (χ0n) is 16.2. The van der Waals surface area contributed by atoms with Crippen molar-refractivity contribution < 1.29 is 29.9 Å². The number of nitrogens with zero attached hydrogens (tertiary/aromatic N) is 4. The van der Waals surface area contributed by atoms with Gasteiger partial charge in [-0.15, -0.1) is 0 Å². The number of ether oxygens (including phenoxy) is 2. The first kappa shape index (κ1) is 20.4. The van der Waals surface area contributed by atoms with Crippen LogP contribution in [0.15, 0.2) is 30.6 Å². The lowest BCUT2D eigenvalue weighted by atomic mass is 10.1. The minimum Gasteiger partial charge on any atom is -0.465 e. The number of benzene rings is 1. The summed E-state index contributed by atoms with van der Waals surface area (Å²) in [4.78, 5) is 12.5. The number of nitrogen functional groups attached to an aromatic ring is 1. The lowest BCUT2D eigenvalue weighted by Crippen LogP contribution is -2.33. The van der Waals surface area contributed by atoms with Gasteiger partial charge in [-0.2, -0.15) is 9.97 Å². The maximum atomic E-state index is 10.3. The van der Waals surface area contributed by atoms with Crippen molar-refractivity contribution in [3.8, 4) is 5.88 Å². The van der Waals surface area contributed by atoms with Gasteiger partial charge < -0.3 is 35.6 Å². The van der Waals surface area contributed by atoms with Gasteiger partial charge >= 0.3 is 0 Å². The molecule has 1 aliphatic rings. The first-order chi connectivity index (χ1) is 14.4. The van der Waals surface area contributed by atoms with Crippen molar-refractivity contribution in [2.75, 3.05) is 18.9 Å². The van der Waals surface area contributed by atoms with E-state index in [1.165, 1.54) is 10.9 Å². The van der Waals surface area contributed by atoms with E-state index in [0.29, 0.717) is 0 Å².